The van der Waals surface area contributed by atoms with Crippen molar-refractivity contribution in [2.24, 2.45) is 0 Å². The lowest BCUT2D eigenvalue weighted by Gasteiger charge is -2.10. The molecule has 4 nitrogen and oxygen atoms in total. The number of fused-ring (bicyclic) bond motifs is 1. The molecule has 0 radical (unpaired) electrons. The minimum absolute atomic E-state index is 0.114. The van der Waals surface area contributed by atoms with Gasteiger partial charge in [0.05, 0.1) is 10.9 Å². The molecule has 20 heavy (non-hydrogen) atoms. The summed E-state index contributed by atoms with van der Waals surface area (Å²) in [5.41, 5.74) is 2.46. The first kappa shape index (κ1) is 12.4. The number of hydrogen-bond donors (Lipinski definition) is 2. The lowest BCUT2D eigenvalue weighted by Crippen LogP contribution is -2.10. The van der Waals surface area contributed by atoms with Gasteiger partial charge in [-0.1, -0.05) is 24.3 Å². The Morgan fingerprint density at radius 3 is 2.70 bits per heavy atom. The van der Waals surface area contributed by atoms with E-state index < -0.39 is 0 Å². The number of hydrogen-bond acceptors (Lipinski definition) is 3. The van der Waals surface area contributed by atoms with Crippen molar-refractivity contribution in [1.29, 1.82) is 0 Å². The van der Waals surface area contributed by atoms with Gasteiger partial charge in [0.1, 0.15) is 5.82 Å². The number of nitrogens with zero attached hydrogens (tertiary/aromatic N) is 1. The summed E-state index contributed by atoms with van der Waals surface area (Å²) in [5.74, 6) is 0.588. The molecule has 0 bridgehead atoms. The smallest absolute Gasteiger partial charge is 0.259 e. The number of aromatic amines is 1. The predicted octanol–water partition coefficient (Wildman–Crippen LogP) is 3.02. The number of aromatic nitrogens is 2. The van der Waals surface area contributed by atoms with Gasteiger partial charge in [0.15, 0.2) is 0 Å². The van der Waals surface area contributed by atoms with E-state index >= 15 is 0 Å². The zero-order chi connectivity index (χ0) is 13.9. The van der Waals surface area contributed by atoms with Crippen LogP contribution in [0.3, 0.4) is 0 Å². The first-order valence-corrected chi connectivity index (χ1v) is 6.62. The zero-order valence-electron chi connectivity index (χ0n) is 11.2. The van der Waals surface area contributed by atoms with Crippen LogP contribution in [0.15, 0.2) is 53.3 Å². The molecular formula is C16H15N3O. The number of para-hydroxylation sites is 2. The summed E-state index contributed by atoms with van der Waals surface area (Å²) in [6.45, 7) is 2.85. The van der Waals surface area contributed by atoms with E-state index in [1.54, 1.807) is 6.07 Å². The molecule has 0 aliphatic rings. The van der Waals surface area contributed by atoms with E-state index in [0.29, 0.717) is 16.7 Å². The Hall–Kier alpha value is -2.62. The maximum absolute atomic E-state index is 12.1. The van der Waals surface area contributed by atoms with Crippen molar-refractivity contribution < 1.29 is 0 Å². The van der Waals surface area contributed by atoms with Crippen LogP contribution in [0.25, 0.3) is 22.3 Å². The van der Waals surface area contributed by atoms with Crippen molar-refractivity contribution in [3.05, 3.63) is 58.9 Å². The van der Waals surface area contributed by atoms with Gasteiger partial charge in [0.25, 0.3) is 5.56 Å². The van der Waals surface area contributed by atoms with Gasteiger partial charge < -0.3 is 10.3 Å². The Morgan fingerprint density at radius 1 is 1.10 bits per heavy atom. The summed E-state index contributed by atoms with van der Waals surface area (Å²) in [5, 5.41) is 3.89. The zero-order valence-corrected chi connectivity index (χ0v) is 11.2. The molecule has 1 heterocycles. The Morgan fingerprint density at radius 2 is 1.85 bits per heavy atom. The average Bonchev–Trinajstić information content (AvgIpc) is 2.48. The standard InChI is InChI=1S/C16H15N3O/c1-2-17-13-9-5-3-7-11(13)15-18-14-10-6-4-8-12(14)16(20)19-15/h3-10,17H,2H2,1H3,(H,18,19,20). The molecule has 3 aromatic rings. The molecule has 3 rings (SSSR count). The monoisotopic (exact) mass is 265 g/mol. The Labute approximate surface area is 116 Å². The van der Waals surface area contributed by atoms with Crippen molar-refractivity contribution in [1.82, 2.24) is 9.97 Å². The van der Waals surface area contributed by atoms with Crippen molar-refractivity contribution in [3.8, 4) is 11.4 Å². The molecule has 0 aliphatic carbocycles. The second kappa shape index (κ2) is 5.17. The molecule has 0 saturated heterocycles. The fourth-order valence-electron chi connectivity index (χ4n) is 2.25. The second-order valence-electron chi connectivity index (χ2n) is 4.51. The van der Waals surface area contributed by atoms with Crippen LogP contribution in [0.5, 0.6) is 0 Å². The van der Waals surface area contributed by atoms with Crippen LogP contribution in [0.4, 0.5) is 5.69 Å². The molecule has 0 unspecified atom stereocenters. The normalized spacial score (nSPS) is 10.7. The molecule has 0 amide bonds. The van der Waals surface area contributed by atoms with E-state index in [-0.39, 0.29) is 5.56 Å². The Kier molecular flexibility index (Phi) is 3.21. The van der Waals surface area contributed by atoms with Gasteiger partial charge >= 0.3 is 0 Å². The summed E-state index contributed by atoms with van der Waals surface area (Å²) >= 11 is 0. The van der Waals surface area contributed by atoms with E-state index in [1.165, 1.54) is 0 Å². The van der Waals surface area contributed by atoms with Gasteiger partial charge in [0, 0.05) is 17.8 Å². The Balaban J connectivity index is 2.23. The Bertz CT molecular complexity index is 808. The van der Waals surface area contributed by atoms with Crippen LogP contribution in [0.1, 0.15) is 6.92 Å². The van der Waals surface area contributed by atoms with Crippen LogP contribution < -0.4 is 10.9 Å². The van der Waals surface area contributed by atoms with E-state index in [0.717, 1.165) is 17.8 Å². The third-order valence-corrected chi connectivity index (χ3v) is 3.16. The lowest BCUT2D eigenvalue weighted by atomic mass is 10.1. The molecular weight excluding hydrogens is 250 g/mol. The van der Waals surface area contributed by atoms with Gasteiger partial charge in [0.2, 0.25) is 0 Å². The summed E-state index contributed by atoms with van der Waals surface area (Å²) in [6.07, 6.45) is 0. The van der Waals surface area contributed by atoms with E-state index in [9.17, 15) is 4.79 Å². The highest BCUT2D eigenvalue weighted by atomic mass is 16.1. The van der Waals surface area contributed by atoms with Crippen molar-refractivity contribution in [2.75, 3.05) is 11.9 Å². The van der Waals surface area contributed by atoms with Crippen LogP contribution in [-0.2, 0) is 0 Å². The van der Waals surface area contributed by atoms with Crippen LogP contribution in [0.2, 0.25) is 0 Å². The summed E-state index contributed by atoms with van der Waals surface area (Å²) in [4.78, 5) is 19.5. The third kappa shape index (κ3) is 2.16. The van der Waals surface area contributed by atoms with E-state index in [2.05, 4.69) is 15.3 Å². The van der Waals surface area contributed by atoms with Crippen LogP contribution in [-0.4, -0.2) is 16.5 Å². The minimum Gasteiger partial charge on any atom is -0.385 e. The van der Waals surface area contributed by atoms with Gasteiger partial charge in [-0.25, -0.2) is 4.98 Å². The fourth-order valence-corrected chi connectivity index (χ4v) is 2.25. The SMILES string of the molecule is CCNc1ccccc1-c1nc2ccccc2c(=O)[nH]1. The van der Waals surface area contributed by atoms with Gasteiger partial charge in [-0.3, -0.25) is 4.79 Å². The summed E-state index contributed by atoms with van der Waals surface area (Å²) in [6, 6.07) is 15.2. The predicted molar refractivity (Wildman–Crippen MR) is 82.0 cm³/mol. The molecule has 100 valence electrons. The first-order chi connectivity index (χ1) is 9.79. The van der Waals surface area contributed by atoms with Crippen molar-refractivity contribution in [3.63, 3.8) is 0 Å². The molecule has 2 aromatic carbocycles. The van der Waals surface area contributed by atoms with Gasteiger partial charge in [-0.05, 0) is 31.2 Å². The molecule has 1 aromatic heterocycles. The maximum Gasteiger partial charge on any atom is 0.259 e. The fraction of sp³-hybridized carbons (Fsp3) is 0.125. The minimum atomic E-state index is -0.114. The number of nitrogens with one attached hydrogen (secondary N) is 2. The number of anilines is 1. The highest BCUT2D eigenvalue weighted by Gasteiger charge is 2.08. The van der Waals surface area contributed by atoms with E-state index in [4.69, 9.17) is 0 Å². The summed E-state index contributed by atoms with van der Waals surface area (Å²) < 4.78 is 0. The molecule has 4 heteroatoms. The highest BCUT2D eigenvalue weighted by molar-refractivity contribution is 5.81. The van der Waals surface area contributed by atoms with E-state index in [1.807, 2.05) is 49.4 Å². The van der Waals surface area contributed by atoms with Crippen LogP contribution >= 0.6 is 0 Å². The average molecular weight is 265 g/mol. The quantitative estimate of drug-likeness (QED) is 0.765. The first-order valence-electron chi connectivity index (χ1n) is 6.62. The van der Waals surface area contributed by atoms with Crippen LogP contribution in [0, 0.1) is 0 Å². The largest absolute Gasteiger partial charge is 0.385 e. The second-order valence-corrected chi connectivity index (χ2v) is 4.51. The highest BCUT2D eigenvalue weighted by Crippen LogP contribution is 2.24. The number of benzene rings is 2. The lowest BCUT2D eigenvalue weighted by molar-refractivity contribution is 1.16. The van der Waals surface area contributed by atoms with Gasteiger partial charge in [-0.2, -0.15) is 0 Å². The molecule has 0 fully saturated rings. The topological polar surface area (TPSA) is 57.8 Å². The summed E-state index contributed by atoms with van der Waals surface area (Å²) in [7, 11) is 0. The molecule has 0 saturated carbocycles. The molecule has 0 atom stereocenters. The molecule has 0 spiro atoms. The molecule has 0 aliphatic heterocycles. The third-order valence-electron chi connectivity index (χ3n) is 3.16. The molecule has 2 N–H and O–H groups in total. The number of H-pyrrole nitrogens is 1. The van der Waals surface area contributed by atoms with Crippen molar-refractivity contribution >= 4 is 16.6 Å². The van der Waals surface area contributed by atoms with Crippen molar-refractivity contribution in [2.45, 2.75) is 6.92 Å². The van der Waals surface area contributed by atoms with Gasteiger partial charge in [-0.15, -0.1) is 0 Å². The number of rotatable bonds is 3. The maximum atomic E-state index is 12.1.